The van der Waals surface area contributed by atoms with Gasteiger partial charge in [0, 0.05) is 26.4 Å². The molecule has 0 unspecified atom stereocenters. The molecule has 0 radical (unpaired) electrons. The maximum atomic E-state index is 10.9. The molecule has 7 nitrogen and oxygen atoms in total. The topological polar surface area (TPSA) is 94.6 Å². The normalized spacial score (nSPS) is 10.0. The van der Waals surface area contributed by atoms with E-state index in [2.05, 4.69) is 0 Å². The van der Waals surface area contributed by atoms with Gasteiger partial charge in [0.15, 0.2) is 5.75 Å². The number of ether oxygens (including phenoxy) is 3. The minimum atomic E-state index is -0.574. The summed E-state index contributed by atoms with van der Waals surface area (Å²) in [7, 11) is 1.62. The second kappa shape index (κ2) is 8.85. The number of nitrogens with zero attached hydrogens (tertiary/aromatic N) is 2. The minimum absolute atomic E-state index is 0.134. The molecule has 0 amide bonds. The van der Waals surface area contributed by atoms with Gasteiger partial charge in [-0.15, -0.1) is 0 Å². The SMILES string of the molecule is COCCCOCCOc1ccc(C#N)cc1[N+](=O)[O-]. The Morgan fingerprint density at radius 3 is 2.75 bits per heavy atom. The van der Waals surface area contributed by atoms with E-state index in [1.807, 2.05) is 6.07 Å². The fourth-order valence-electron chi connectivity index (χ4n) is 1.47. The molecule has 0 atom stereocenters. The highest BCUT2D eigenvalue weighted by Crippen LogP contribution is 2.27. The van der Waals surface area contributed by atoms with Gasteiger partial charge >= 0.3 is 5.69 Å². The molecule has 0 aliphatic rings. The summed E-state index contributed by atoms with van der Waals surface area (Å²) in [5.41, 5.74) is 0.00305. The maximum Gasteiger partial charge on any atom is 0.312 e. The third kappa shape index (κ3) is 5.22. The van der Waals surface area contributed by atoms with E-state index >= 15 is 0 Å². The quantitative estimate of drug-likeness (QED) is 0.389. The van der Waals surface area contributed by atoms with Crippen molar-refractivity contribution in [2.45, 2.75) is 6.42 Å². The van der Waals surface area contributed by atoms with Crippen LogP contribution >= 0.6 is 0 Å². The van der Waals surface area contributed by atoms with Gasteiger partial charge in [-0.2, -0.15) is 5.26 Å². The molecule has 7 heteroatoms. The van der Waals surface area contributed by atoms with E-state index in [0.717, 1.165) is 6.42 Å². The lowest BCUT2D eigenvalue weighted by Crippen LogP contribution is -2.09. The maximum absolute atomic E-state index is 10.9. The highest BCUT2D eigenvalue weighted by molar-refractivity contribution is 5.51. The van der Waals surface area contributed by atoms with Gasteiger partial charge in [0.05, 0.1) is 23.2 Å². The first-order valence-electron chi connectivity index (χ1n) is 6.07. The summed E-state index contributed by atoms with van der Waals surface area (Å²) in [6.45, 7) is 1.72. The zero-order chi connectivity index (χ0) is 14.8. The third-order valence-corrected chi connectivity index (χ3v) is 2.41. The fourth-order valence-corrected chi connectivity index (χ4v) is 1.47. The molecule has 0 spiro atoms. The van der Waals surface area contributed by atoms with Crippen LogP contribution in [0.5, 0.6) is 5.75 Å². The van der Waals surface area contributed by atoms with E-state index in [1.165, 1.54) is 18.2 Å². The van der Waals surface area contributed by atoms with Gasteiger partial charge in [-0.05, 0) is 18.6 Å². The molecule has 0 aromatic heterocycles. The second-order valence-electron chi connectivity index (χ2n) is 3.86. The first-order chi connectivity index (χ1) is 9.69. The number of nitro groups is 1. The molecule has 0 aliphatic heterocycles. The molecule has 0 N–H and O–H groups in total. The van der Waals surface area contributed by atoms with Gasteiger partial charge in [-0.1, -0.05) is 0 Å². The van der Waals surface area contributed by atoms with Crippen molar-refractivity contribution in [3.63, 3.8) is 0 Å². The average molecular weight is 280 g/mol. The summed E-state index contributed by atoms with van der Waals surface area (Å²) in [5, 5.41) is 19.6. The number of nitriles is 1. The van der Waals surface area contributed by atoms with Gasteiger partial charge in [-0.3, -0.25) is 10.1 Å². The molecule has 0 saturated carbocycles. The number of hydrogen-bond acceptors (Lipinski definition) is 6. The molecule has 1 aromatic carbocycles. The average Bonchev–Trinajstić information content (AvgIpc) is 2.46. The van der Waals surface area contributed by atoms with Gasteiger partial charge in [0.1, 0.15) is 6.61 Å². The number of hydrogen-bond donors (Lipinski definition) is 0. The molecule has 0 heterocycles. The van der Waals surface area contributed by atoms with Crippen molar-refractivity contribution in [3.8, 4) is 11.8 Å². The van der Waals surface area contributed by atoms with Crippen molar-refractivity contribution in [1.29, 1.82) is 5.26 Å². The van der Waals surface area contributed by atoms with Crippen molar-refractivity contribution in [1.82, 2.24) is 0 Å². The van der Waals surface area contributed by atoms with E-state index in [9.17, 15) is 10.1 Å². The van der Waals surface area contributed by atoms with Gasteiger partial charge in [0.2, 0.25) is 0 Å². The largest absolute Gasteiger partial charge is 0.484 e. The zero-order valence-corrected chi connectivity index (χ0v) is 11.2. The zero-order valence-electron chi connectivity index (χ0n) is 11.2. The minimum Gasteiger partial charge on any atom is -0.484 e. The number of methoxy groups -OCH3 is 1. The Morgan fingerprint density at radius 1 is 1.30 bits per heavy atom. The first-order valence-corrected chi connectivity index (χ1v) is 6.07. The van der Waals surface area contributed by atoms with Crippen LogP contribution in [0.3, 0.4) is 0 Å². The highest BCUT2D eigenvalue weighted by Gasteiger charge is 2.15. The summed E-state index contributed by atoms with van der Waals surface area (Å²) in [6.07, 6.45) is 0.785. The van der Waals surface area contributed by atoms with Crippen LogP contribution in [0.25, 0.3) is 0 Å². The molecule has 0 bridgehead atoms. The summed E-state index contributed by atoms with van der Waals surface area (Å²) >= 11 is 0. The Bertz CT molecular complexity index is 484. The number of benzene rings is 1. The Morgan fingerprint density at radius 2 is 2.10 bits per heavy atom. The van der Waals surface area contributed by atoms with Crippen LogP contribution in [0.4, 0.5) is 5.69 Å². The lowest BCUT2D eigenvalue weighted by atomic mass is 10.2. The molecule has 1 rings (SSSR count). The van der Waals surface area contributed by atoms with Crippen LogP contribution in [0.1, 0.15) is 12.0 Å². The van der Waals surface area contributed by atoms with E-state index < -0.39 is 4.92 Å². The predicted molar refractivity (Wildman–Crippen MR) is 70.6 cm³/mol. The Kier molecular flexibility index (Phi) is 7.03. The molecular formula is C13H16N2O5. The van der Waals surface area contributed by atoms with Crippen molar-refractivity contribution < 1.29 is 19.1 Å². The molecular weight excluding hydrogens is 264 g/mol. The van der Waals surface area contributed by atoms with Gasteiger partial charge in [-0.25, -0.2) is 0 Å². The molecule has 0 fully saturated rings. The van der Waals surface area contributed by atoms with Gasteiger partial charge < -0.3 is 14.2 Å². The van der Waals surface area contributed by atoms with Crippen LogP contribution < -0.4 is 4.74 Å². The van der Waals surface area contributed by atoms with Crippen LogP contribution in [-0.2, 0) is 9.47 Å². The smallest absolute Gasteiger partial charge is 0.312 e. The summed E-state index contributed by atoms with van der Waals surface area (Å²) in [4.78, 5) is 10.3. The van der Waals surface area contributed by atoms with E-state index in [-0.39, 0.29) is 23.6 Å². The first kappa shape index (κ1) is 15.9. The Balaban J connectivity index is 2.44. The van der Waals surface area contributed by atoms with Crippen LogP contribution in [0, 0.1) is 21.4 Å². The molecule has 0 saturated heterocycles. The van der Waals surface area contributed by atoms with Crippen LogP contribution in [0.15, 0.2) is 18.2 Å². The van der Waals surface area contributed by atoms with Crippen LogP contribution in [0.2, 0.25) is 0 Å². The summed E-state index contributed by atoms with van der Waals surface area (Å²) < 4.78 is 15.4. The highest BCUT2D eigenvalue weighted by atomic mass is 16.6. The molecule has 1 aromatic rings. The Hall–Kier alpha value is -2.17. The molecule has 108 valence electrons. The Labute approximate surface area is 116 Å². The van der Waals surface area contributed by atoms with E-state index in [4.69, 9.17) is 19.5 Å². The second-order valence-corrected chi connectivity index (χ2v) is 3.86. The molecule has 20 heavy (non-hydrogen) atoms. The monoisotopic (exact) mass is 280 g/mol. The lowest BCUT2D eigenvalue weighted by Gasteiger charge is -2.07. The third-order valence-electron chi connectivity index (χ3n) is 2.41. The van der Waals surface area contributed by atoms with E-state index in [1.54, 1.807) is 7.11 Å². The van der Waals surface area contributed by atoms with Crippen molar-refractivity contribution in [2.24, 2.45) is 0 Å². The van der Waals surface area contributed by atoms with Crippen molar-refractivity contribution in [3.05, 3.63) is 33.9 Å². The van der Waals surface area contributed by atoms with Crippen LogP contribution in [-0.4, -0.2) is 38.5 Å². The standard InChI is InChI=1S/C13H16N2O5/c1-18-5-2-6-19-7-8-20-13-4-3-11(10-14)9-12(13)15(16)17/h3-4,9H,2,5-8H2,1H3. The van der Waals surface area contributed by atoms with Crippen molar-refractivity contribution >= 4 is 5.69 Å². The van der Waals surface area contributed by atoms with E-state index in [0.29, 0.717) is 19.8 Å². The van der Waals surface area contributed by atoms with Gasteiger partial charge in [0.25, 0.3) is 0 Å². The summed E-state index contributed by atoms with van der Waals surface area (Å²) in [5.74, 6) is 0.134. The number of rotatable bonds is 9. The van der Waals surface area contributed by atoms with Crippen molar-refractivity contribution in [2.75, 3.05) is 33.5 Å². The lowest BCUT2D eigenvalue weighted by molar-refractivity contribution is -0.385. The number of nitro benzene ring substituents is 1. The fraction of sp³-hybridized carbons (Fsp3) is 0.462. The predicted octanol–water partition coefficient (Wildman–Crippen LogP) is 1.90. The molecule has 0 aliphatic carbocycles. The summed E-state index contributed by atoms with van der Waals surface area (Å²) in [6, 6.07) is 5.93.